The molecule has 0 saturated carbocycles. The van der Waals surface area contributed by atoms with Crippen LogP contribution in [0.2, 0.25) is 0 Å². The van der Waals surface area contributed by atoms with E-state index in [4.69, 9.17) is 0 Å². The standard InChI is InChI=1S/C10H8BrIO2/c1-6-8(10(14)4-11)2-7(5-13)3-9(6)12/h2-3,5H,4H2,1H3. The van der Waals surface area contributed by atoms with Crippen molar-refractivity contribution >= 4 is 50.6 Å². The summed E-state index contributed by atoms with van der Waals surface area (Å²) in [5.74, 6) is 0.00381. The summed E-state index contributed by atoms with van der Waals surface area (Å²) in [4.78, 5) is 22.1. The van der Waals surface area contributed by atoms with Crippen molar-refractivity contribution in [3.8, 4) is 0 Å². The molecule has 1 aromatic carbocycles. The van der Waals surface area contributed by atoms with Gasteiger partial charge in [-0.2, -0.15) is 0 Å². The Balaban J connectivity index is 3.33. The molecule has 0 spiro atoms. The van der Waals surface area contributed by atoms with Crippen LogP contribution in [0, 0.1) is 10.5 Å². The molecule has 0 amide bonds. The van der Waals surface area contributed by atoms with Gasteiger partial charge in [0.25, 0.3) is 0 Å². The van der Waals surface area contributed by atoms with Crippen molar-refractivity contribution < 1.29 is 9.59 Å². The Bertz CT molecular complexity index is 388. The zero-order valence-electron chi connectivity index (χ0n) is 7.51. The van der Waals surface area contributed by atoms with Crippen LogP contribution in [0.3, 0.4) is 0 Å². The largest absolute Gasteiger partial charge is 0.298 e. The van der Waals surface area contributed by atoms with Gasteiger partial charge in [0, 0.05) is 14.7 Å². The lowest BCUT2D eigenvalue weighted by atomic mass is 10.0. The number of alkyl halides is 1. The van der Waals surface area contributed by atoms with Gasteiger partial charge in [-0.05, 0) is 47.2 Å². The van der Waals surface area contributed by atoms with Gasteiger partial charge in [-0.25, -0.2) is 0 Å². The van der Waals surface area contributed by atoms with E-state index in [1.165, 1.54) is 0 Å². The van der Waals surface area contributed by atoms with Crippen molar-refractivity contribution in [3.63, 3.8) is 0 Å². The van der Waals surface area contributed by atoms with E-state index >= 15 is 0 Å². The predicted octanol–water partition coefficient (Wildman–Crippen LogP) is 2.99. The third-order valence-corrected chi connectivity index (χ3v) is 3.55. The Hall–Kier alpha value is -0.230. The van der Waals surface area contributed by atoms with Crippen LogP contribution in [0.4, 0.5) is 0 Å². The SMILES string of the molecule is Cc1c(I)cc(C=O)cc1C(=O)CBr. The number of hydrogen-bond acceptors (Lipinski definition) is 2. The maximum atomic E-state index is 11.5. The number of carbonyl (C=O) groups is 2. The molecule has 4 heteroatoms. The molecule has 0 bridgehead atoms. The number of benzene rings is 1. The van der Waals surface area contributed by atoms with E-state index in [9.17, 15) is 9.59 Å². The molecular weight excluding hydrogens is 359 g/mol. The molecule has 0 atom stereocenters. The van der Waals surface area contributed by atoms with Gasteiger partial charge in [-0.3, -0.25) is 9.59 Å². The molecule has 2 nitrogen and oxygen atoms in total. The number of rotatable bonds is 3. The molecule has 1 aromatic rings. The van der Waals surface area contributed by atoms with Crippen molar-refractivity contribution in [1.82, 2.24) is 0 Å². The Morgan fingerprint density at radius 2 is 2.21 bits per heavy atom. The molecular formula is C10H8BrIO2. The molecule has 0 radical (unpaired) electrons. The first kappa shape index (κ1) is 11.8. The quantitative estimate of drug-likeness (QED) is 0.356. The second kappa shape index (κ2) is 5.02. The highest BCUT2D eigenvalue weighted by Gasteiger charge is 2.11. The molecule has 0 fully saturated rings. The molecule has 0 aliphatic rings. The zero-order valence-corrected chi connectivity index (χ0v) is 11.3. The summed E-state index contributed by atoms with van der Waals surface area (Å²) in [6.45, 7) is 1.88. The molecule has 0 unspecified atom stereocenters. The molecule has 74 valence electrons. The first-order chi connectivity index (χ1) is 6.60. The number of ketones is 1. The van der Waals surface area contributed by atoms with E-state index in [0.29, 0.717) is 11.1 Å². The van der Waals surface area contributed by atoms with Crippen LogP contribution in [-0.4, -0.2) is 17.4 Å². The molecule has 0 aliphatic carbocycles. The minimum atomic E-state index is 0.00381. The molecule has 0 N–H and O–H groups in total. The summed E-state index contributed by atoms with van der Waals surface area (Å²) in [5, 5.41) is 0.284. The Morgan fingerprint density at radius 1 is 1.57 bits per heavy atom. The maximum absolute atomic E-state index is 11.5. The van der Waals surface area contributed by atoms with Crippen LogP contribution < -0.4 is 0 Å². The average molecular weight is 367 g/mol. The van der Waals surface area contributed by atoms with E-state index in [-0.39, 0.29) is 11.1 Å². The molecule has 14 heavy (non-hydrogen) atoms. The van der Waals surface area contributed by atoms with E-state index in [1.807, 2.05) is 6.92 Å². The zero-order chi connectivity index (χ0) is 10.7. The first-order valence-electron chi connectivity index (χ1n) is 3.94. The predicted molar refractivity (Wildman–Crippen MR) is 67.4 cm³/mol. The molecule has 0 saturated heterocycles. The summed E-state index contributed by atoms with van der Waals surface area (Å²) in [6, 6.07) is 3.40. The van der Waals surface area contributed by atoms with Crippen LogP contribution in [0.5, 0.6) is 0 Å². The van der Waals surface area contributed by atoms with Gasteiger partial charge >= 0.3 is 0 Å². The van der Waals surface area contributed by atoms with Gasteiger partial charge in [-0.15, -0.1) is 0 Å². The Morgan fingerprint density at radius 3 is 2.71 bits per heavy atom. The van der Waals surface area contributed by atoms with Gasteiger partial charge < -0.3 is 0 Å². The summed E-state index contributed by atoms with van der Waals surface area (Å²) in [7, 11) is 0. The van der Waals surface area contributed by atoms with Crippen LogP contribution in [0.15, 0.2) is 12.1 Å². The lowest BCUT2D eigenvalue weighted by Gasteiger charge is -2.06. The molecule has 0 aromatic heterocycles. The van der Waals surface area contributed by atoms with Gasteiger partial charge in [0.1, 0.15) is 6.29 Å². The second-order valence-electron chi connectivity index (χ2n) is 2.85. The number of hydrogen-bond donors (Lipinski definition) is 0. The topological polar surface area (TPSA) is 34.1 Å². The highest BCUT2D eigenvalue weighted by atomic mass is 127. The second-order valence-corrected chi connectivity index (χ2v) is 4.57. The van der Waals surface area contributed by atoms with Crippen molar-refractivity contribution in [2.75, 3.05) is 5.33 Å². The summed E-state index contributed by atoms with van der Waals surface area (Å²) in [5.41, 5.74) is 2.10. The molecule has 0 aliphatic heterocycles. The van der Waals surface area contributed by atoms with Crippen molar-refractivity contribution in [3.05, 3.63) is 32.4 Å². The fraction of sp³-hybridized carbons (Fsp3) is 0.200. The highest BCUT2D eigenvalue weighted by Crippen LogP contribution is 2.19. The Labute approximate surface area is 104 Å². The summed E-state index contributed by atoms with van der Waals surface area (Å²) in [6.07, 6.45) is 0.757. The van der Waals surface area contributed by atoms with Crippen LogP contribution in [0.25, 0.3) is 0 Å². The van der Waals surface area contributed by atoms with Crippen molar-refractivity contribution in [1.29, 1.82) is 0 Å². The number of Topliss-reactive ketones (excluding diaryl/α,β-unsaturated/α-hetero) is 1. The minimum absolute atomic E-state index is 0.00381. The van der Waals surface area contributed by atoms with E-state index in [2.05, 4.69) is 38.5 Å². The third-order valence-electron chi connectivity index (χ3n) is 1.92. The lowest BCUT2D eigenvalue weighted by Crippen LogP contribution is -2.05. The van der Waals surface area contributed by atoms with Gasteiger partial charge in [0.2, 0.25) is 0 Å². The number of carbonyl (C=O) groups excluding carboxylic acids is 2. The molecule has 1 rings (SSSR count). The minimum Gasteiger partial charge on any atom is -0.298 e. The molecule has 0 heterocycles. The highest BCUT2D eigenvalue weighted by molar-refractivity contribution is 14.1. The number of aldehydes is 1. The van der Waals surface area contributed by atoms with Crippen LogP contribution >= 0.6 is 38.5 Å². The smallest absolute Gasteiger partial charge is 0.173 e. The van der Waals surface area contributed by atoms with Crippen LogP contribution in [-0.2, 0) is 0 Å². The lowest BCUT2D eigenvalue weighted by molar-refractivity contribution is 0.102. The normalized spacial score (nSPS) is 9.93. The summed E-state index contributed by atoms with van der Waals surface area (Å²) < 4.78 is 0.941. The van der Waals surface area contributed by atoms with Crippen molar-refractivity contribution in [2.24, 2.45) is 0 Å². The van der Waals surface area contributed by atoms with Gasteiger partial charge in [0.05, 0.1) is 5.33 Å². The van der Waals surface area contributed by atoms with E-state index in [1.54, 1.807) is 12.1 Å². The van der Waals surface area contributed by atoms with E-state index < -0.39 is 0 Å². The monoisotopic (exact) mass is 366 g/mol. The third kappa shape index (κ3) is 2.42. The summed E-state index contributed by atoms with van der Waals surface area (Å²) >= 11 is 5.24. The average Bonchev–Trinajstić information content (AvgIpc) is 2.20. The van der Waals surface area contributed by atoms with E-state index in [0.717, 1.165) is 15.4 Å². The fourth-order valence-electron chi connectivity index (χ4n) is 1.13. The van der Waals surface area contributed by atoms with Crippen molar-refractivity contribution in [2.45, 2.75) is 6.92 Å². The first-order valence-corrected chi connectivity index (χ1v) is 6.14. The maximum Gasteiger partial charge on any atom is 0.173 e. The van der Waals surface area contributed by atoms with Gasteiger partial charge in [-0.1, -0.05) is 15.9 Å². The number of halogens is 2. The van der Waals surface area contributed by atoms with Gasteiger partial charge in [0.15, 0.2) is 5.78 Å². The Kier molecular flexibility index (Phi) is 4.25. The fourth-order valence-corrected chi connectivity index (χ4v) is 2.08. The van der Waals surface area contributed by atoms with Crippen LogP contribution in [0.1, 0.15) is 26.3 Å².